The van der Waals surface area contributed by atoms with E-state index in [0.29, 0.717) is 5.13 Å². The van der Waals surface area contributed by atoms with Crippen molar-refractivity contribution >= 4 is 22.4 Å². The fourth-order valence-corrected chi connectivity index (χ4v) is 3.01. The van der Waals surface area contributed by atoms with Gasteiger partial charge in [0.15, 0.2) is 5.13 Å². The summed E-state index contributed by atoms with van der Waals surface area (Å²) in [4.78, 5) is 16.5. The van der Waals surface area contributed by atoms with Crippen LogP contribution in [0.5, 0.6) is 0 Å². The van der Waals surface area contributed by atoms with Crippen molar-refractivity contribution in [3.8, 4) is 0 Å². The van der Waals surface area contributed by atoms with Gasteiger partial charge in [0, 0.05) is 18.1 Å². The maximum Gasteiger partial charge on any atom is 0.233 e. The van der Waals surface area contributed by atoms with Gasteiger partial charge in [-0.1, -0.05) is 13.3 Å². The van der Waals surface area contributed by atoms with E-state index in [0.717, 1.165) is 38.8 Å². The number of carbonyl (C=O) groups is 1. The first kappa shape index (κ1) is 12.5. The summed E-state index contributed by atoms with van der Waals surface area (Å²) in [5, 5.41) is 8.87. The largest absolute Gasteiger partial charge is 0.316 e. The summed E-state index contributed by atoms with van der Waals surface area (Å²) in [6, 6.07) is 0. The van der Waals surface area contributed by atoms with E-state index >= 15 is 0 Å². The van der Waals surface area contributed by atoms with E-state index in [2.05, 4.69) is 22.5 Å². The Hall–Kier alpha value is -0.940. The molecule has 1 aromatic rings. The van der Waals surface area contributed by atoms with E-state index in [-0.39, 0.29) is 11.3 Å². The maximum atomic E-state index is 12.4. The quantitative estimate of drug-likeness (QED) is 0.865. The molecule has 0 radical (unpaired) electrons. The van der Waals surface area contributed by atoms with E-state index in [9.17, 15) is 4.79 Å². The number of hydrogen-bond donors (Lipinski definition) is 2. The van der Waals surface area contributed by atoms with Gasteiger partial charge in [0.25, 0.3) is 0 Å². The van der Waals surface area contributed by atoms with Gasteiger partial charge in [0.05, 0.1) is 5.41 Å². The number of carbonyl (C=O) groups excluding carboxylic acids is 1. The molecule has 1 amide bonds. The summed E-state index contributed by atoms with van der Waals surface area (Å²) < 4.78 is 0. The number of hydrogen-bond acceptors (Lipinski definition) is 4. The Balaban J connectivity index is 2.06. The average molecular weight is 253 g/mol. The third-order valence-electron chi connectivity index (χ3n) is 3.34. The van der Waals surface area contributed by atoms with Gasteiger partial charge >= 0.3 is 0 Å². The van der Waals surface area contributed by atoms with Gasteiger partial charge in [-0.05, 0) is 25.8 Å². The van der Waals surface area contributed by atoms with Gasteiger partial charge in [0.2, 0.25) is 5.91 Å². The minimum Gasteiger partial charge on any atom is -0.316 e. The van der Waals surface area contributed by atoms with Gasteiger partial charge in [-0.2, -0.15) is 0 Å². The molecule has 2 N–H and O–H groups in total. The molecule has 17 heavy (non-hydrogen) atoms. The molecule has 5 heteroatoms. The number of thiazole rings is 1. The Bertz CT molecular complexity index is 352. The molecule has 1 atom stereocenters. The Labute approximate surface area is 106 Å². The van der Waals surface area contributed by atoms with Crippen molar-refractivity contribution in [1.29, 1.82) is 0 Å². The number of amides is 1. The first-order chi connectivity index (χ1) is 8.27. The minimum atomic E-state index is -0.237. The Morgan fingerprint density at radius 2 is 2.59 bits per heavy atom. The van der Waals surface area contributed by atoms with Crippen LogP contribution < -0.4 is 10.6 Å². The summed E-state index contributed by atoms with van der Waals surface area (Å²) >= 11 is 1.47. The molecule has 0 spiro atoms. The minimum absolute atomic E-state index is 0.126. The van der Waals surface area contributed by atoms with Gasteiger partial charge in [0.1, 0.15) is 0 Å². The third-order valence-corrected chi connectivity index (χ3v) is 4.02. The van der Waals surface area contributed by atoms with Crippen LogP contribution in [0.2, 0.25) is 0 Å². The van der Waals surface area contributed by atoms with E-state index in [1.54, 1.807) is 6.20 Å². The van der Waals surface area contributed by atoms with Crippen molar-refractivity contribution in [1.82, 2.24) is 10.3 Å². The summed E-state index contributed by atoms with van der Waals surface area (Å²) in [5.41, 5.74) is -0.237. The molecule has 0 aromatic carbocycles. The highest BCUT2D eigenvalue weighted by Gasteiger charge is 2.38. The van der Waals surface area contributed by atoms with Crippen LogP contribution in [0.25, 0.3) is 0 Å². The molecule has 1 aliphatic rings. The van der Waals surface area contributed by atoms with Gasteiger partial charge in [-0.25, -0.2) is 4.98 Å². The molecule has 1 unspecified atom stereocenters. The van der Waals surface area contributed by atoms with Crippen molar-refractivity contribution in [3.63, 3.8) is 0 Å². The summed E-state index contributed by atoms with van der Waals surface area (Å²) in [7, 11) is 0. The van der Waals surface area contributed by atoms with Gasteiger partial charge in [-0.3, -0.25) is 4.79 Å². The summed E-state index contributed by atoms with van der Waals surface area (Å²) in [6.45, 7) is 3.95. The van der Waals surface area contributed by atoms with E-state index in [1.807, 2.05) is 5.38 Å². The van der Waals surface area contributed by atoms with Crippen molar-refractivity contribution in [2.45, 2.75) is 32.6 Å². The molecule has 1 fully saturated rings. The van der Waals surface area contributed by atoms with Crippen molar-refractivity contribution < 1.29 is 4.79 Å². The number of rotatable bonds is 4. The van der Waals surface area contributed by atoms with Crippen molar-refractivity contribution in [2.75, 3.05) is 18.4 Å². The molecule has 1 saturated heterocycles. The summed E-state index contributed by atoms with van der Waals surface area (Å²) in [5.74, 6) is 0.126. The van der Waals surface area contributed by atoms with Crippen LogP contribution in [-0.2, 0) is 4.79 Å². The van der Waals surface area contributed by atoms with Crippen molar-refractivity contribution in [2.24, 2.45) is 5.41 Å². The molecule has 1 aromatic heterocycles. The first-order valence-electron chi connectivity index (χ1n) is 6.18. The molecular formula is C12H19N3OS. The lowest BCUT2D eigenvalue weighted by atomic mass is 9.76. The number of nitrogens with one attached hydrogen (secondary N) is 2. The molecule has 0 aliphatic carbocycles. The van der Waals surface area contributed by atoms with E-state index in [4.69, 9.17) is 0 Å². The maximum absolute atomic E-state index is 12.4. The lowest BCUT2D eigenvalue weighted by Gasteiger charge is -2.35. The molecule has 94 valence electrons. The number of piperidine rings is 1. The van der Waals surface area contributed by atoms with Crippen LogP contribution >= 0.6 is 11.3 Å². The van der Waals surface area contributed by atoms with Crippen LogP contribution in [0.4, 0.5) is 5.13 Å². The average Bonchev–Trinajstić information content (AvgIpc) is 2.83. The second-order valence-electron chi connectivity index (χ2n) is 4.60. The van der Waals surface area contributed by atoms with Crippen molar-refractivity contribution in [3.05, 3.63) is 11.6 Å². The van der Waals surface area contributed by atoms with Crippen LogP contribution in [0, 0.1) is 5.41 Å². The number of anilines is 1. The van der Waals surface area contributed by atoms with Crippen LogP contribution in [0.3, 0.4) is 0 Å². The lowest BCUT2D eigenvalue weighted by Crippen LogP contribution is -2.48. The van der Waals surface area contributed by atoms with Gasteiger partial charge < -0.3 is 10.6 Å². The zero-order chi connectivity index (χ0) is 12.1. The first-order valence-corrected chi connectivity index (χ1v) is 7.06. The van der Waals surface area contributed by atoms with Crippen LogP contribution in [-0.4, -0.2) is 24.0 Å². The molecule has 4 nitrogen and oxygen atoms in total. The Kier molecular flexibility index (Phi) is 4.12. The standard InChI is InChI=1S/C12H19N3OS/c1-2-4-12(5-3-6-13-9-12)10(16)15-11-14-7-8-17-11/h7-8,13H,2-6,9H2,1H3,(H,14,15,16). The second kappa shape index (κ2) is 5.60. The van der Waals surface area contributed by atoms with E-state index in [1.165, 1.54) is 11.3 Å². The highest BCUT2D eigenvalue weighted by molar-refractivity contribution is 7.13. The lowest BCUT2D eigenvalue weighted by molar-refractivity contribution is -0.127. The monoisotopic (exact) mass is 253 g/mol. The molecule has 0 saturated carbocycles. The van der Waals surface area contributed by atoms with Crippen LogP contribution in [0.15, 0.2) is 11.6 Å². The highest BCUT2D eigenvalue weighted by atomic mass is 32.1. The van der Waals surface area contributed by atoms with E-state index < -0.39 is 0 Å². The molecule has 0 bridgehead atoms. The van der Waals surface area contributed by atoms with Gasteiger partial charge in [-0.15, -0.1) is 11.3 Å². The van der Waals surface area contributed by atoms with Crippen LogP contribution in [0.1, 0.15) is 32.6 Å². The predicted octanol–water partition coefficient (Wildman–Crippen LogP) is 2.25. The topological polar surface area (TPSA) is 54.0 Å². The zero-order valence-corrected chi connectivity index (χ0v) is 11.0. The second-order valence-corrected chi connectivity index (χ2v) is 5.50. The normalized spacial score (nSPS) is 24.5. The fourth-order valence-electron chi connectivity index (χ4n) is 2.48. The SMILES string of the molecule is CCCC1(C(=O)Nc2nccs2)CCCNC1. The highest BCUT2D eigenvalue weighted by Crippen LogP contribution is 2.33. The number of aromatic nitrogens is 1. The summed E-state index contributed by atoms with van der Waals surface area (Å²) in [6.07, 6.45) is 5.74. The molecule has 1 aliphatic heterocycles. The molecule has 2 rings (SSSR count). The Morgan fingerprint density at radius 3 is 3.18 bits per heavy atom. The molecular weight excluding hydrogens is 234 g/mol. The Morgan fingerprint density at radius 1 is 1.71 bits per heavy atom. The number of nitrogens with zero attached hydrogens (tertiary/aromatic N) is 1. The smallest absolute Gasteiger partial charge is 0.233 e. The molecule has 2 heterocycles. The third kappa shape index (κ3) is 2.84. The zero-order valence-electron chi connectivity index (χ0n) is 10.2. The fraction of sp³-hybridized carbons (Fsp3) is 0.667. The predicted molar refractivity (Wildman–Crippen MR) is 70.2 cm³/mol.